The van der Waals surface area contributed by atoms with E-state index >= 15 is 0 Å². The predicted molar refractivity (Wildman–Crippen MR) is 103 cm³/mol. The molecular weight excluding hydrogens is 398 g/mol. The van der Waals surface area contributed by atoms with Crippen LogP contribution in [0.3, 0.4) is 0 Å². The third-order valence-electron chi connectivity index (χ3n) is 3.85. The minimum Gasteiger partial charge on any atom is -0.507 e. The lowest BCUT2D eigenvalue weighted by Crippen LogP contribution is -2.30. The minimum atomic E-state index is -1.02. The molecule has 0 aliphatic rings. The number of amides is 1. The van der Waals surface area contributed by atoms with E-state index in [2.05, 4.69) is 21.2 Å². The summed E-state index contributed by atoms with van der Waals surface area (Å²) < 4.78 is 6.09. The average molecular weight is 414 g/mol. The fourth-order valence-corrected chi connectivity index (χ4v) is 2.71. The van der Waals surface area contributed by atoms with Gasteiger partial charge in [0.2, 0.25) is 0 Å². The molecule has 0 spiro atoms. The zero-order chi connectivity index (χ0) is 18.7. The molecule has 0 heterocycles. The number of fused-ring (bicyclic) bond motifs is 1. The molecule has 26 heavy (non-hydrogen) atoms. The molecule has 0 fully saturated rings. The zero-order valence-electron chi connectivity index (χ0n) is 13.9. The molecule has 132 valence electrons. The molecule has 1 atom stereocenters. The van der Waals surface area contributed by atoms with Crippen molar-refractivity contribution in [3.8, 4) is 5.75 Å². The second kappa shape index (κ2) is 7.58. The number of halogens is 1. The first-order valence-corrected chi connectivity index (χ1v) is 8.72. The lowest BCUT2D eigenvalue weighted by atomic mass is 10.1. The van der Waals surface area contributed by atoms with E-state index in [1.54, 1.807) is 30.3 Å². The number of phenolic OH excluding ortho intramolecular Hbond substituents is 1. The number of ether oxygens (including phenoxy) is 1. The lowest BCUT2D eigenvalue weighted by Gasteiger charge is -2.14. The number of hydrogen-bond acceptors (Lipinski definition) is 4. The maximum absolute atomic E-state index is 12.4. The number of nitrogens with one attached hydrogen (secondary N) is 1. The van der Waals surface area contributed by atoms with Gasteiger partial charge in [0.1, 0.15) is 11.3 Å². The van der Waals surface area contributed by atoms with E-state index in [0.29, 0.717) is 5.69 Å². The van der Waals surface area contributed by atoms with E-state index in [4.69, 9.17) is 4.74 Å². The van der Waals surface area contributed by atoms with Crippen LogP contribution in [0, 0.1) is 0 Å². The van der Waals surface area contributed by atoms with Crippen molar-refractivity contribution in [2.24, 2.45) is 0 Å². The van der Waals surface area contributed by atoms with Crippen molar-refractivity contribution in [2.45, 2.75) is 13.0 Å². The number of rotatable bonds is 4. The summed E-state index contributed by atoms with van der Waals surface area (Å²) in [5, 5.41) is 14.4. The summed E-state index contributed by atoms with van der Waals surface area (Å²) in [7, 11) is 0. The Kier molecular flexibility index (Phi) is 5.23. The first-order chi connectivity index (χ1) is 12.4. The molecule has 0 aromatic heterocycles. The molecule has 0 aliphatic heterocycles. The smallest absolute Gasteiger partial charge is 0.342 e. The molecule has 6 heteroatoms. The van der Waals surface area contributed by atoms with Crippen molar-refractivity contribution in [2.75, 3.05) is 5.32 Å². The molecule has 0 bridgehead atoms. The van der Waals surface area contributed by atoms with Crippen LogP contribution in [-0.4, -0.2) is 23.1 Å². The second-order valence-corrected chi connectivity index (χ2v) is 6.68. The van der Waals surface area contributed by atoms with Crippen LogP contribution >= 0.6 is 15.9 Å². The summed E-state index contributed by atoms with van der Waals surface area (Å²) in [6, 6.07) is 17.4. The van der Waals surface area contributed by atoms with Gasteiger partial charge in [-0.25, -0.2) is 4.79 Å². The third kappa shape index (κ3) is 4.03. The van der Waals surface area contributed by atoms with Gasteiger partial charge >= 0.3 is 5.97 Å². The van der Waals surface area contributed by atoms with Gasteiger partial charge in [0.05, 0.1) is 0 Å². The number of benzene rings is 3. The van der Waals surface area contributed by atoms with Gasteiger partial charge in [0.25, 0.3) is 5.91 Å². The van der Waals surface area contributed by atoms with Crippen molar-refractivity contribution in [1.29, 1.82) is 0 Å². The fourth-order valence-electron chi connectivity index (χ4n) is 2.45. The molecule has 2 N–H and O–H groups in total. The van der Waals surface area contributed by atoms with Gasteiger partial charge in [-0.3, -0.25) is 4.79 Å². The van der Waals surface area contributed by atoms with E-state index in [1.165, 1.54) is 13.0 Å². The molecule has 0 radical (unpaired) electrons. The molecule has 3 rings (SSSR count). The summed E-state index contributed by atoms with van der Waals surface area (Å²) in [5.74, 6) is -1.40. The maximum atomic E-state index is 12.4. The first kappa shape index (κ1) is 17.9. The van der Waals surface area contributed by atoms with Crippen LogP contribution in [0.4, 0.5) is 5.69 Å². The Morgan fingerprint density at radius 2 is 1.65 bits per heavy atom. The highest BCUT2D eigenvalue weighted by Gasteiger charge is 2.21. The van der Waals surface area contributed by atoms with Crippen LogP contribution in [-0.2, 0) is 9.53 Å². The number of carbonyl (C=O) groups excluding carboxylic acids is 2. The van der Waals surface area contributed by atoms with Gasteiger partial charge in [0.15, 0.2) is 6.10 Å². The molecule has 0 unspecified atom stereocenters. The van der Waals surface area contributed by atoms with Crippen molar-refractivity contribution < 1.29 is 19.4 Å². The predicted octanol–water partition coefficient (Wildman–Crippen LogP) is 4.49. The van der Waals surface area contributed by atoms with Gasteiger partial charge < -0.3 is 15.2 Å². The molecule has 3 aromatic carbocycles. The molecule has 0 saturated carbocycles. The van der Waals surface area contributed by atoms with Crippen molar-refractivity contribution >= 4 is 44.3 Å². The van der Waals surface area contributed by atoms with E-state index in [0.717, 1.165) is 15.2 Å². The summed E-state index contributed by atoms with van der Waals surface area (Å²) >= 11 is 3.32. The van der Waals surface area contributed by atoms with Crippen LogP contribution in [0.1, 0.15) is 17.3 Å². The van der Waals surface area contributed by atoms with Crippen LogP contribution in [0.5, 0.6) is 5.75 Å². The van der Waals surface area contributed by atoms with Crippen LogP contribution in [0.2, 0.25) is 0 Å². The highest BCUT2D eigenvalue weighted by molar-refractivity contribution is 9.10. The number of esters is 1. The Morgan fingerprint density at radius 1 is 1.04 bits per heavy atom. The SMILES string of the molecule is C[C@@H](OC(=O)c1cc2ccccc2cc1O)C(=O)Nc1ccc(Br)cc1. The minimum absolute atomic E-state index is 0.0204. The average Bonchev–Trinajstić information content (AvgIpc) is 2.62. The normalized spacial score (nSPS) is 11.8. The second-order valence-electron chi connectivity index (χ2n) is 5.76. The highest BCUT2D eigenvalue weighted by atomic mass is 79.9. The van der Waals surface area contributed by atoms with E-state index in [9.17, 15) is 14.7 Å². The van der Waals surface area contributed by atoms with Gasteiger partial charge in [-0.05, 0) is 54.1 Å². The third-order valence-corrected chi connectivity index (χ3v) is 4.38. The number of anilines is 1. The standard InChI is InChI=1S/C20H16BrNO4/c1-12(19(24)22-16-8-6-15(21)7-9-16)26-20(25)17-10-13-4-2-3-5-14(13)11-18(17)23/h2-12,23H,1H3,(H,22,24)/t12-/m1/s1. The quantitative estimate of drug-likeness (QED) is 0.617. The van der Waals surface area contributed by atoms with Crippen LogP contribution in [0.25, 0.3) is 10.8 Å². The number of aromatic hydroxyl groups is 1. The number of carbonyl (C=O) groups is 2. The van der Waals surface area contributed by atoms with Gasteiger partial charge in [0, 0.05) is 10.2 Å². The Hall–Kier alpha value is -2.86. The monoisotopic (exact) mass is 413 g/mol. The number of hydrogen-bond donors (Lipinski definition) is 2. The lowest BCUT2D eigenvalue weighted by molar-refractivity contribution is -0.123. The van der Waals surface area contributed by atoms with Gasteiger partial charge in [-0.15, -0.1) is 0 Å². The largest absolute Gasteiger partial charge is 0.507 e. The van der Waals surface area contributed by atoms with E-state index in [1.807, 2.05) is 24.3 Å². The van der Waals surface area contributed by atoms with Crippen LogP contribution < -0.4 is 5.32 Å². The molecule has 1 amide bonds. The fraction of sp³-hybridized carbons (Fsp3) is 0.100. The van der Waals surface area contributed by atoms with E-state index in [-0.39, 0.29) is 11.3 Å². The molecule has 3 aromatic rings. The summed E-state index contributed by atoms with van der Waals surface area (Å²) in [6.07, 6.45) is -1.02. The highest BCUT2D eigenvalue weighted by Crippen LogP contribution is 2.26. The van der Waals surface area contributed by atoms with Crippen LogP contribution in [0.15, 0.2) is 65.1 Å². The Morgan fingerprint density at radius 3 is 2.31 bits per heavy atom. The molecule has 0 saturated heterocycles. The number of phenols is 1. The Bertz CT molecular complexity index is 969. The molecule has 5 nitrogen and oxygen atoms in total. The zero-order valence-corrected chi connectivity index (χ0v) is 15.5. The van der Waals surface area contributed by atoms with Gasteiger partial charge in [-0.1, -0.05) is 40.2 Å². The topological polar surface area (TPSA) is 75.6 Å². The maximum Gasteiger partial charge on any atom is 0.342 e. The molecular formula is C20H16BrNO4. The van der Waals surface area contributed by atoms with Crippen molar-refractivity contribution in [1.82, 2.24) is 0 Å². The van der Waals surface area contributed by atoms with Crippen molar-refractivity contribution in [3.63, 3.8) is 0 Å². The molecule has 0 aliphatic carbocycles. The van der Waals surface area contributed by atoms with E-state index < -0.39 is 18.0 Å². The Balaban J connectivity index is 1.71. The summed E-state index contributed by atoms with van der Waals surface area (Å²) in [6.45, 7) is 1.48. The first-order valence-electron chi connectivity index (χ1n) is 7.93. The summed E-state index contributed by atoms with van der Waals surface area (Å²) in [4.78, 5) is 24.6. The summed E-state index contributed by atoms with van der Waals surface area (Å²) in [5.41, 5.74) is 0.613. The van der Waals surface area contributed by atoms with Gasteiger partial charge in [-0.2, -0.15) is 0 Å². The van der Waals surface area contributed by atoms with Crippen molar-refractivity contribution in [3.05, 3.63) is 70.7 Å². The Labute approximate surface area is 158 Å².